The van der Waals surface area contributed by atoms with E-state index in [1.54, 1.807) is 0 Å². The lowest BCUT2D eigenvalue weighted by atomic mass is 10.2. The summed E-state index contributed by atoms with van der Waals surface area (Å²) in [5, 5.41) is 10.3. The average Bonchev–Trinajstić information content (AvgIpc) is 3.16. The minimum atomic E-state index is -1.08. The number of hydrogen-bond acceptors (Lipinski definition) is 5. The van der Waals surface area contributed by atoms with Gasteiger partial charge in [-0.3, -0.25) is 4.79 Å². The first-order valence-corrected chi connectivity index (χ1v) is 7.47. The molecule has 23 heavy (non-hydrogen) atoms. The maximum Gasteiger partial charge on any atom is 0.257 e. The Morgan fingerprint density at radius 2 is 2.04 bits per heavy atom. The molecular formula is C15H11F2N3O2S. The number of carbonyl (C=O) groups excluding carboxylic acids is 1. The molecule has 118 valence electrons. The van der Waals surface area contributed by atoms with Crippen LogP contribution in [-0.2, 0) is 6.54 Å². The van der Waals surface area contributed by atoms with Gasteiger partial charge < -0.3 is 9.73 Å². The van der Waals surface area contributed by atoms with Crippen molar-refractivity contribution < 1.29 is 18.0 Å². The molecule has 0 bridgehead atoms. The molecule has 0 aliphatic carbocycles. The first-order valence-electron chi connectivity index (χ1n) is 6.65. The predicted octanol–water partition coefficient (Wildman–Crippen LogP) is 3.31. The Bertz CT molecular complexity index is 860. The Morgan fingerprint density at radius 1 is 1.22 bits per heavy atom. The number of nitrogens with zero attached hydrogens (tertiary/aromatic N) is 2. The Hall–Kier alpha value is -2.61. The summed E-state index contributed by atoms with van der Waals surface area (Å²) in [6, 6.07) is 6.74. The SMILES string of the molecule is Cc1ccc(-c2nnc(CNC(=O)c3ccc(F)c(F)c3)o2)s1. The number of nitrogens with one attached hydrogen (secondary N) is 1. The zero-order valence-corrected chi connectivity index (χ0v) is 12.8. The lowest BCUT2D eigenvalue weighted by Gasteiger charge is -2.02. The normalized spacial score (nSPS) is 10.7. The quantitative estimate of drug-likeness (QED) is 0.794. The number of carbonyl (C=O) groups is 1. The van der Waals surface area contributed by atoms with E-state index in [9.17, 15) is 13.6 Å². The highest BCUT2D eigenvalue weighted by molar-refractivity contribution is 7.15. The summed E-state index contributed by atoms with van der Waals surface area (Å²) in [4.78, 5) is 13.8. The third-order valence-corrected chi connectivity index (χ3v) is 3.99. The second-order valence-electron chi connectivity index (χ2n) is 4.72. The Balaban J connectivity index is 1.65. The molecule has 8 heteroatoms. The molecule has 2 aromatic heterocycles. The maximum atomic E-state index is 13.1. The molecule has 0 saturated heterocycles. The maximum absolute atomic E-state index is 13.1. The summed E-state index contributed by atoms with van der Waals surface area (Å²) in [6.07, 6.45) is 0. The van der Waals surface area contributed by atoms with Crippen molar-refractivity contribution in [2.75, 3.05) is 0 Å². The van der Waals surface area contributed by atoms with E-state index in [1.807, 2.05) is 19.1 Å². The highest BCUT2D eigenvalue weighted by Gasteiger charge is 2.13. The molecule has 0 saturated carbocycles. The van der Waals surface area contributed by atoms with Crippen LogP contribution in [0.2, 0.25) is 0 Å². The van der Waals surface area contributed by atoms with Gasteiger partial charge in [0.05, 0.1) is 11.4 Å². The number of hydrogen-bond donors (Lipinski definition) is 1. The van der Waals surface area contributed by atoms with Crippen LogP contribution in [0.1, 0.15) is 21.1 Å². The van der Waals surface area contributed by atoms with Crippen molar-refractivity contribution in [1.29, 1.82) is 0 Å². The fourth-order valence-corrected chi connectivity index (χ4v) is 2.66. The summed E-state index contributed by atoms with van der Waals surface area (Å²) < 4.78 is 31.4. The molecule has 0 aliphatic rings. The van der Waals surface area contributed by atoms with Gasteiger partial charge in [-0.2, -0.15) is 0 Å². The molecule has 3 rings (SSSR count). The molecule has 0 fully saturated rings. The van der Waals surface area contributed by atoms with Gasteiger partial charge in [0.15, 0.2) is 11.6 Å². The molecule has 3 aromatic rings. The van der Waals surface area contributed by atoms with E-state index in [-0.39, 0.29) is 18.0 Å². The topological polar surface area (TPSA) is 68.0 Å². The number of benzene rings is 1. The van der Waals surface area contributed by atoms with Crippen molar-refractivity contribution in [2.24, 2.45) is 0 Å². The molecule has 0 aliphatic heterocycles. The van der Waals surface area contributed by atoms with Gasteiger partial charge in [-0.15, -0.1) is 21.5 Å². The number of thiophene rings is 1. The van der Waals surface area contributed by atoms with Crippen LogP contribution in [0.4, 0.5) is 8.78 Å². The molecule has 5 nitrogen and oxygen atoms in total. The van der Waals surface area contributed by atoms with Gasteiger partial charge in [-0.1, -0.05) is 0 Å². The van der Waals surface area contributed by atoms with E-state index in [0.717, 1.165) is 21.9 Å². The van der Waals surface area contributed by atoms with Crippen molar-refractivity contribution >= 4 is 17.2 Å². The third kappa shape index (κ3) is 3.42. The van der Waals surface area contributed by atoms with Gasteiger partial charge in [-0.25, -0.2) is 8.78 Å². The monoisotopic (exact) mass is 335 g/mol. The number of aromatic nitrogens is 2. The summed E-state index contributed by atoms with van der Waals surface area (Å²) in [7, 11) is 0. The summed E-state index contributed by atoms with van der Waals surface area (Å²) >= 11 is 1.52. The van der Waals surface area contributed by atoms with Crippen LogP contribution in [0.25, 0.3) is 10.8 Å². The average molecular weight is 335 g/mol. The van der Waals surface area contributed by atoms with Gasteiger partial charge in [-0.05, 0) is 37.3 Å². The van der Waals surface area contributed by atoms with E-state index >= 15 is 0 Å². The molecule has 1 aromatic carbocycles. The first kappa shape index (κ1) is 15.3. The van der Waals surface area contributed by atoms with E-state index in [2.05, 4.69) is 15.5 Å². The fraction of sp³-hybridized carbons (Fsp3) is 0.133. The van der Waals surface area contributed by atoms with E-state index in [1.165, 1.54) is 17.4 Å². The van der Waals surface area contributed by atoms with Gasteiger partial charge >= 0.3 is 0 Å². The minimum absolute atomic E-state index is 0.00478. The van der Waals surface area contributed by atoms with Crippen molar-refractivity contribution in [3.63, 3.8) is 0 Å². The lowest BCUT2D eigenvalue weighted by Crippen LogP contribution is -2.23. The van der Waals surface area contributed by atoms with Crippen LogP contribution >= 0.6 is 11.3 Å². The van der Waals surface area contributed by atoms with Crippen molar-refractivity contribution in [1.82, 2.24) is 15.5 Å². The van der Waals surface area contributed by atoms with Crippen molar-refractivity contribution in [3.8, 4) is 10.8 Å². The third-order valence-electron chi connectivity index (χ3n) is 3.00. The number of halogens is 2. The molecule has 0 atom stereocenters. The summed E-state index contributed by atoms with van der Waals surface area (Å²) in [5.41, 5.74) is 0.0116. The molecule has 1 amide bonds. The fourth-order valence-electron chi connectivity index (χ4n) is 1.87. The molecule has 0 spiro atoms. The largest absolute Gasteiger partial charge is 0.418 e. The van der Waals surface area contributed by atoms with Gasteiger partial charge in [0, 0.05) is 10.4 Å². The summed E-state index contributed by atoms with van der Waals surface area (Å²) in [6.45, 7) is 1.96. The zero-order valence-electron chi connectivity index (χ0n) is 12.0. The molecule has 2 heterocycles. The van der Waals surface area contributed by atoms with Crippen LogP contribution in [0.3, 0.4) is 0 Å². The second kappa shape index (κ2) is 6.25. The number of rotatable bonds is 4. The lowest BCUT2D eigenvalue weighted by molar-refractivity contribution is 0.0947. The highest BCUT2D eigenvalue weighted by atomic mass is 32.1. The Morgan fingerprint density at radius 3 is 2.74 bits per heavy atom. The first-order chi connectivity index (χ1) is 11.0. The standard InChI is InChI=1S/C15H11F2N3O2S/c1-8-2-5-12(23-8)15-20-19-13(22-15)7-18-14(21)9-3-4-10(16)11(17)6-9/h2-6H,7H2,1H3,(H,18,21). The van der Waals surface area contributed by atoms with Gasteiger partial charge in [0.1, 0.15) is 0 Å². The van der Waals surface area contributed by atoms with Crippen LogP contribution in [0, 0.1) is 18.6 Å². The van der Waals surface area contributed by atoms with Crippen LogP contribution in [0.15, 0.2) is 34.7 Å². The van der Waals surface area contributed by atoms with E-state index in [4.69, 9.17) is 4.42 Å². The Kier molecular flexibility index (Phi) is 4.16. The van der Waals surface area contributed by atoms with Crippen LogP contribution in [0.5, 0.6) is 0 Å². The molecule has 0 radical (unpaired) electrons. The number of aryl methyl sites for hydroxylation is 1. The van der Waals surface area contributed by atoms with Crippen LogP contribution < -0.4 is 5.32 Å². The van der Waals surface area contributed by atoms with Gasteiger partial charge in [0.2, 0.25) is 5.89 Å². The van der Waals surface area contributed by atoms with Crippen molar-refractivity contribution in [3.05, 3.63) is 58.3 Å². The minimum Gasteiger partial charge on any atom is -0.418 e. The molecule has 1 N–H and O–H groups in total. The zero-order chi connectivity index (χ0) is 16.4. The highest BCUT2D eigenvalue weighted by Crippen LogP contribution is 2.26. The predicted molar refractivity (Wildman–Crippen MR) is 79.9 cm³/mol. The van der Waals surface area contributed by atoms with E-state index in [0.29, 0.717) is 5.89 Å². The molecule has 0 unspecified atom stereocenters. The van der Waals surface area contributed by atoms with E-state index < -0.39 is 17.5 Å². The Labute approximate surface area is 134 Å². The molecular weight excluding hydrogens is 324 g/mol. The number of amides is 1. The van der Waals surface area contributed by atoms with Crippen molar-refractivity contribution in [2.45, 2.75) is 13.5 Å². The smallest absolute Gasteiger partial charge is 0.257 e. The summed E-state index contributed by atoms with van der Waals surface area (Å²) in [5.74, 6) is -2.04. The second-order valence-corrected chi connectivity index (χ2v) is 6.01. The van der Waals surface area contributed by atoms with Crippen LogP contribution in [-0.4, -0.2) is 16.1 Å². The van der Waals surface area contributed by atoms with Gasteiger partial charge in [0.25, 0.3) is 11.8 Å².